The first-order chi connectivity index (χ1) is 7.68. The molecule has 0 bridgehead atoms. The third kappa shape index (κ3) is 1.98. The molecule has 0 fully saturated rings. The van der Waals surface area contributed by atoms with Gasteiger partial charge in [-0.1, -0.05) is 30.3 Å². The third-order valence-electron chi connectivity index (χ3n) is 2.56. The van der Waals surface area contributed by atoms with Crippen LogP contribution in [0.1, 0.15) is 11.1 Å². The minimum Gasteiger partial charge on any atom is -0.397 e. The predicted octanol–water partition coefficient (Wildman–Crippen LogP) is 2.58. The Balaban J connectivity index is 2.38. The van der Waals surface area contributed by atoms with Gasteiger partial charge in [-0.25, -0.2) is 4.39 Å². The molecule has 2 aromatic rings. The van der Waals surface area contributed by atoms with Crippen molar-refractivity contribution in [2.75, 3.05) is 11.5 Å². The van der Waals surface area contributed by atoms with E-state index >= 15 is 0 Å². The Hall–Kier alpha value is -2.03. The molecule has 0 aliphatic rings. The summed E-state index contributed by atoms with van der Waals surface area (Å²) in [7, 11) is 0. The van der Waals surface area contributed by atoms with Crippen molar-refractivity contribution in [3.63, 3.8) is 0 Å². The number of hydrogen-bond acceptors (Lipinski definition) is 2. The van der Waals surface area contributed by atoms with Crippen LogP contribution in [0.5, 0.6) is 0 Å². The van der Waals surface area contributed by atoms with Gasteiger partial charge in [-0.2, -0.15) is 0 Å². The van der Waals surface area contributed by atoms with Gasteiger partial charge in [0, 0.05) is 12.0 Å². The zero-order valence-electron chi connectivity index (χ0n) is 8.78. The second-order valence-electron chi connectivity index (χ2n) is 3.69. The molecule has 4 N–H and O–H groups in total. The summed E-state index contributed by atoms with van der Waals surface area (Å²) in [5.41, 5.74) is 13.7. The Bertz CT molecular complexity index is 495. The summed E-state index contributed by atoms with van der Waals surface area (Å²) in [6.07, 6.45) is 0.462. The molecule has 2 nitrogen and oxygen atoms in total. The molecule has 0 aliphatic heterocycles. The van der Waals surface area contributed by atoms with Crippen molar-refractivity contribution in [2.45, 2.75) is 6.42 Å². The lowest BCUT2D eigenvalue weighted by molar-refractivity contribution is 0.615. The average Bonchev–Trinajstić information content (AvgIpc) is 2.31. The lowest BCUT2D eigenvalue weighted by atomic mass is 10.0. The van der Waals surface area contributed by atoms with Crippen LogP contribution in [0.25, 0.3) is 0 Å². The van der Waals surface area contributed by atoms with E-state index in [1.165, 1.54) is 12.1 Å². The minimum absolute atomic E-state index is 0.310. The zero-order chi connectivity index (χ0) is 11.5. The molecule has 0 amide bonds. The van der Waals surface area contributed by atoms with Gasteiger partial charge in [0.1, 0.15) is 5.82 Å². The Morgan fingerprint density at radius 3 is 2.31 bits per heavy atom. The quantitative estimate of drug-likeness (QED) is 0.758. The average molecular weight is 216 g/mol. The summed E-state index contributed by atoms with van der Waals surface area (Å²) in [4.78, 5) is 0. The number of anilines is 2. The largest absolute Gasteiger partial charge is 0.397 e. The molecule has 0 radical (unpaired) electrons. The highest BCUT2D eigenvalue weighted by atomic mass is 19.1. The van der Waals surface area contributed by atoms with Gasteiger partial charge in [-0.15, -0.1) is 0 Å². The topological polar surface area (TPSA) is 52.0 Å². The fourth-order valence-corrected chi connectivity index (χ4v) is 1.64. The molecule has 82 valence electrons. The van der Waals surface area contributed by atoms with Crippen molar-refractivity contribution in [2.24, 2.45) is 0 Å². The van der Waals surface area contributed by atoms with Crippen LogP contribution in [0.2, 0.25) is 0 Å². The van der Waals surface area contributed by atoms with Crippen molar-refractivity contribution >= 4 is 11.4 Å². The van der Waals surface area contributed by atoms with Crippen LogP contribution in [0.15, 0.2) is 42.5 Å². The number of rotatable bonds is 2. The van der Waals surface area contributed by atoms with E-state index in [0.717, 1.165) is 5.56 Å². The van der Waals surface area contributed by atoms with Crippen molar-refractivity contribution in [1.29, 1.82) is 0 Å². The lowest BCUT2D eigenvalue weighted by Crippen LogP contribution is -2.03. The van der Waals surface area contributed by atoms with Crippen molar-refractivity contribution in [1.82, 2.24) is 0 Å². The first-order valence-corrected chi connectivity index (χ1v) is 5.04. The van der Waals surface area contributed by atoms with Crippen molar-refractivity contribution < 1.29 is 4.39 Å². The lowest BCUT2D eigenvalue weighted by Gasteiger charge is -2.09. The van der Waals surface area contributed by atoms with Gasteiger partial charge in [0.2, 0.25) is 0 Å². The van der Waals surface area contributed by atoms with E-state index in [-0.39, 0.29) is 5.82 Å². The standard InChI is InChI=1S/C13H13FN2/c14-11-6-7-12(15)13(16)10(11)8-9-4-2-1-3-5-9/h1-7H,8,15-16H2. The molecule has 0 spiro atoms. The van der Waals surface area contributed by atoms with Gasteiger partial charge in [0.05, 0.1) is 11.4 Å². The molecule has 0 unspecified atom stereocenters. The van der Waals surface area contributed by atoms with E-state index in [0.29, 0.717) is 23.4 Å². The van der Waals surface area contributed by atoms with Crippen LogP contribution in [0, 0.1) is 5.82 Å². The SMILES string of the molecule is Nc1ccc(F)c(Cc2ccccc2)c1N. The summed E-state index contributed by atoms with van der Waals surface area (Å²) in [5, 5.41) is 0. The molecule has 3 heteroatoms. The molecule has 0 aliphatic carbocycles. The fourth-order valence-electron chi connectivity index (χ4n) is 1.64. The van der Waals surface area contributed by atoms with E-state index in [4.69, 9.17) is 11.5 Å². The van der Waals surface area contributed by atoms with E-state index in [1.807, 2.05) is 30.3 Å². The number of nitrogen functional groups attached to an aromatic ring is 2. The number of nitrogens with two attached hydrogens (primary N) is 2. The summed E-state index contributed by atoms with van der Waals surface area (Å²) in [6, 6.07) is 12.4. The molecule has 2 rings (SSSR count). The summed E-state index contributed by atoms with van der Waals surface area (Å²) in [6.45, 7) is 0. The number of hydrogen-bond donors (Lipinski definition) is 2. The van der Waals surface area contributed by atoms with Crippen LogP contribution in [-0.2, 0) is 6.42 Å². The molecular weight excluding hydrogens is 203 g/mol. The van der Waals surface area contributed by atoms with E-state index in [1.54, 1.807) is 0 Å². The van der Waals surface area contributed by atoms with Gasteiger partial charge < -0.3 is 11.5 Å². The maximum atomic E-state index is 13.6. The van der Waals surface area contributed by atoms with Gasteiger partial charge in [-0.05, 0) is 17.7 Å². The normalized spacial score (nSPS) is 10.3. The molecule has 16 heavy (non-hydrogen) atoms. The first kappa shape index (κ1) is 10.5. The predicted molar refractivity (Wildman–Crippen MR) is 64.5 cm³/mol. The van der Waals surface area contributed by atoms with E-state index in [2.05, 4.69) is 0 Å². The highest BCUT2D eigenvalue weighted by Gasteiger charge is 2.09. The highest BCUT2D eigenvalue weighted by molar-refractivity contribution is 5.68. The Labute approximate surface area is 93.7 Å². The Kier molecular flexibility index (Phi) is 2.77. The molecule has 0 aromatic heterocycles. The number of halogens is 1. The monoisotopic (exact) mass is 216 g/mol. The number of benzene rings is 2. The van der Waals surface area contributed by atoms with Crippen LogP contribution in [0.3, 0.4) is 0 Å². The van der Waals surface area contributed by atoms with E-state index < -0.39 is 0 Å². The van der Waals surface area contributed by atoms with Crippen LogP contribution in [-0.4, -0.2) is 0 Å². The second-order valence-corrected chi connectivity index (χ2v) is 3.69. The maximum Gasteiger partial charge on any atom is 0.128 e. The summed E-state index contributed by atoms with van der Waals surface area (Å²) in [5.74, 6) is -0.310. The van der Waals surface area contributed by atoms with Crippen molar-refractivity contribution in [3.8, 4) is 0 Å². The van der Waals surface area contributed by atoms with Crippen molar-refractivity contribution in [3.05, 3.63) is 59.4 Å². The molecule has 0 saturated carbocycles. The minimum atomic E-state index is -0.310. The smallest absolute Gasteiger partial charge is 0.128 e. The van der Waals surface area contributed by atoms with Gasteiger partial charge in [0.15, 0.2) is 0 Å². The molecule has 0 atom stereocenters. The third-order valence-corrected chi connectivity index (χ3v) is 2.56. The molecular formula is C13H13FN2. The Morgan fingerprint density at radius 2 is 1.62 bits per heavy atom. The van der Waals surface area contributed by atoms with Crippen LogP contribution in [0.4, 0.5) is 15.8 Å². The van der Waals surface area contributed by atoms with Crippen LogP contribution >= 0.6 is 0 Å². The van der Waals surface area contributed by atoms with Gasteiger partial charge in [0.25, 0.3) is 0 Å². The summed E-state index contributed by atoms with van der Waals surface area (Å²) < 4.78 is 13.6. The highest BCUT2D eigenvalue weighted by Crippen LogP contribution is 2.25. The first-order valence-electron chi connectivity index (χ1n) is 5.04. The molecule has 0 saturated heterocycles. The van der Waals surface area contributed by atoms with Gasteiger partial charge in [-0.3, -0.25) is 0 Å². The fraction of sp³-hybridized carbons (Fsp3) is 0.0769. The van der Waals surface area contributed by atoms with E-state index in [9.17, 15) is 4.39 Å². The van der Waals surface area contributed by atoms with Gasteiger partial charge >= 0.3 is 0 Å². The van der Waals surface area contributed by atoms with Crippen LogP contribution < -0.4 is 11.5 Å². The molecule has 0 heterocycles. The Morgan fingerprint density at radius 1 is 0.938 bits per heavy atom. The summed E-state index contributed by atoms with van der Waals surface area (Å²) >= 11 is 0. The maximum absolute atomic E-state index is 13.6. The zero-order valence-corrected chi connectivity index (χ0v) is 8.78. The second kappa shape index (κ2) is 4.23. The molecule has 2 aromatic carbocycles.